The van der Waals surface area contributed by atoms with Crippen LogP contribution >= 0.6 is 27.5 Å². The number of halogens is 2. The van der Waals surface area contributed by atoms with Crippen molar-refractivity contribution in [2.75, 3.05) is 10.5 Å². The summed E-state index contributed by atoms with van der Waals surface area (Å²) in [4.78, 5) is -0.116. The number of hydrogen-bond acceptors (Lipinski definition) is 4. The van der Waals surface area contributed by atoms with Crippen molar-refractivity contribution >= 4 is 49.1 Å². The molecular formula is C9H8BrClN4O2S. The van der Waals surface area contributed by atoms with E-state index >= 15 is 0 Å². The molecule has 0 aliphatic carbocycles. The van der Waals surface area contributed by atoms with Gasteiger partial charge in [0.25, 0.3) is 10.0 Å². The normalized spacial score (nSPS) is 11.4. The zero-order valence-electron chi connectivity index (χ0n) is 8.81. The maximum Gasteiger partial charge on any atom is 0.267 e. The fraction of sp³-hybridized carbons (Fsp3) is 0. The van der Waals surface area contributed by atoms with Gasteiger partial charge in [-0.05, 0) is 34.1 Å². The Labute approximate surface area is 117 Å². The van der Waals surface area contributed by atoms with Crippen molar-refractivity contribution in [3.05, 3.63) is 33.9 Å². The number of nitrogens with one attached hydrogen (secondary N) is 2. The third kappa shape index (κ3) is 2.60. The lowest BCUT2D eigenvalue weighted by Gasteiger charge is -2.09. The van der Waals surface area contributed by atoms with Gasteiger partial charge in [0.2, 0.25) is 0 Å². The van der Waals surface area contributed by atoms with Crippen molar-refractivity contribution in [1.29, 1.82) is 0 Å². The zero-order valence-corrected chi connectivity index (χ0v) is 12.0. The van der Waals surface area contributed by atoms with Crippen molar-refractivity contribution in [3.8, 4) is 0 Å². The summed E-state index contributed by atoms with van der Waals surface area (Å²) >= 11 is 9.03. The van der Waals surface area contributed by atoms with E-state index < -0.39 is 10.0 Å². The molecule has 0 aliphatic rings. The highest BCUT2D eigenvalue weighted by Gasteiger charge is 2.20. The van der Waals surface area contributed by atoms with Gasteiger partial charge < -0.3 is 5.73 Å². The van der Waals surface area contributed by atoms with Crippen LogP contribution in [0.25, 0.3) is 0 Å². The van der Waals surface area contributed by atoms with Gasteiger partial charge >= 0.3 is 0 Å². The summed E-state index contributed by atoms with van der Waals surface area (Å²) < 4.78 is 27.0. The van der Waals surface area contributed by atoms with Gasteiger partial charge in [-0.25, -0.2) is 8.42 Å². The summed E-state index contributed by atoms with van der Waals surface area (Å²) in [6, 6.07) is 4.76. The lowest BCUT2D eigenvalue weighted by molar-refractivity contribution is 0.601. The smallest absolute Gasteiger partial charge is 0.267 e. The number of nitrogens with zero attached hydrogens (tertiary/aromatic N) is 1. The summed E-state index contributed by atoms with van der Waals surface area (Å²) in [6.07, 6.45) is 1.14. The largest absolute Gasteiger partial charge is 0.383 e. The molecule has 2 aromatic rings. The Morgan fingerprint density at radius 1 is 1.44 bits per heavy atom. The predicted molar refractivity (Wildman–Crippen MR) is 73.0 cm³/mol. The maximum absolute atomic E-state index is 12.0. The highest BCUT2D eigenvalue weighted by Crippen LogP contribution is 2.28. The SMILES string of the molecule is Nc1[nH]ncc1S(=O)(=O)Nc1cc(Cl)ccc1Br. The molecule has 96 valence electrons. The van der Waals surface area contributed by atoms with E-state index in [4.69, 9.17) is 17.3 Å². The van der Waals surface area contributed by atoms with Gasteiger partial charge in [-0.2, -0.15) is 5.10 Å². The number of aromatic amines is 1. The Bertz CT molecular complexity index is 686. The molecule has 0 radical (unpaired) electrons. The molecule has 0 bridgehead atoms. The first-order valence-corrected chi connectivity index (χ1v) is 7.32. The molecule has 0 spiro atoms. The standard InChI is InChI=1S/C9H8BrClN4O2S/c10-6-2-1-5(11)3-7(6)15-18(16,17)8-4-13-14-9(8)12/h1-4,15H,(H3,12,13,14). The highest BCUT2D eigenvalue weighted by atomic mass is 79.9. The Morgan fingerprint density at radius 3 is 2.78 bits per heavy atom. The quantitative estimate of drug-likeness (QED) is 0.789. The molecule has 1 heterocycles. The van der Waals surface area contributed by atoms with Crippen LogP contribution in [-0.4, -0.2) is 18.6 Å². The van der Waals surface area contributed by atoms with E-state index in [1.165, 1.54) is 6.07 Å². The van der Waals surface area contributed by atoms with Gasteiger partial charge in [0.1, 0.15) is 10.7 Å². The van der Waals surface area contributed by atoms with Crippen LogP contribution in [0, 0.1) is 0 Å². The second-order valence-corrected chi connectivity index (χ2v) is 6.32. The number of nitrogens with two attached hydrogens (primary N) is 1. The van der Waals surface area contributed by atoms with Gasteiger partial charge in [-0.1, -0.05) is 11.6 Å². The van der Waals surface area contributed by atoms with Crippen molar-refractivity contribution in [3.63, 3.8) is 0 Å². The minimum atomic E-state index is -3.80. The molecule has 1 aromatic carbocycles. The molecule has 9 heteroatoms. The average Bonchev–Trinajstić information content (AvgIpc) is 2.70. The number of rotatable bonds is 3. The third-order valence-corrected chi connectivity index (χ3v) is 4.41. The summed E-state index contributed by atoms with van der Waals surface area (Å²) in [5, 5.41) is 6.33. The van der Waals surface area contributed by atoms with Crippen LogP contribution in [0.5, 0.6) is 0 Å². The fourth-order valence-electron chi connectivity index (χ4n) is 1.27. The molecule has 6 nitrogen and oxygen atoms in total. The van der Waals surface area contributed by atoms with Crippen LogP contribution in [0.15, 0.2) is 33.8 Å². The molecule has 0 fully saturated rings. The summed E-state index contributed by atoms with van der Waals surface area (Å²) in [7, 11) is -3.80. The number of nitrogen functional groups attached to an aromatic ring is 1. The number of hydrogen-bond donors (Lipinski definition) is 3. The summed E-state index contributed by atoms with van der Waals surface area (Å²) in [6.45, 7) is 0. The number of H-pyrrole nitrogens is 1. The Balaban J connectivity index is 2.40. The molecule has 2 rings (SSSR count). The van der Waals surface area contributed by atoms with Gasteiger partial charge in [0, 0.05) is 9.50 Å². The summed E-state index contributed by atoms with van der Waals surface area (Å²) in [5.41, 5.74) is 5.80. The minimum Gasteiger partial charge on any atom is -0.383 e. The van der Waals surface area contributed by atoms with Gasteiger partial charge in [0.15, 0.2) is 0 Å². The molecule has 0 saturated carbocycles. The molecule has 18 heavy (non-hydrogen) atoms. The fourth-order valence-corrected chi connectivity index (χ4v) is 3.02. The Kier molecular flexibility index (Phi) is 3.51. The third-order valence-electron chi connectivity index (χ3n) is 2.09. The van der Waals surface area contributed by atoms with Crippen LogP contribution < -0.4 is 10.5 Å². The molecule has 4 N–H and O–H groups in total. The lowest BCUT2D eigenvalue weighted by Crippen LogP contribution is -2.14. The lowest BCUT2D eigenvalue weighted by atomic mass is 10.3. The van der Waals surface area contributed by atoms with E-state index in [2.05, 4.69) is 30.8 Å². The molecule has 0 amide bonds. The van der Waals surface area contributed by atoms with E-state index in [0.717, 1.165) is 6.20 Å². The van der Waals surface area contributed by atoms with Crippen LogP contribution in [0.1, 0.15) is 0 Å². The molecule has 0 aliphatic heterocycles. The van der Waals surface area contributed by atoms with E-state index in [-0.39, 0.29) is 10.7 Å². The zero-order chi connectivity index (χ0) is 13.3. The van der Waals surface area contributed by atoms with E-state index in [0.29, 0.717) is 15.2 Å². The Morgan fingerprint density at radius 2 is 2.17 bits per heavy atom. The van der Waals surface area contributed by atoms with Crippen molar-refractivity contribution in [2.45, 2.75) is 4.90 Å². The van der Waals surface area contributed by atoms with Crippen LogP contribution in [0.3, 0.4) is 0 Å². The van der Waals surface area contributed by atoms with E-state index in [1.807, 2.05) is 0 Å². The molecule has 0 saturated heterocycles. The second-order valence-electron chi connectivity index (χ2n) is 3.38. The molecule has 1 aromatic heterocycles. The first-order valence-electron chi connectivity index (χ1n) is 4.67. The maximum atomic E-state index is 12.0. The monoisotopic (exact) mass is 350 g/mol. The number of benzene rings is 1. The number of aromatic nitrogens is 2. The van der Waals surface area contributed by atoms with Gasteiger partial charge in [-0.15, -0.1) is 0 Å². The van der Waals surface area contributed by atoms with Gasteiger partial charge in [0.05, 0.1) is 11.9 Å². The average molecular weight is 352 g/mol. The molecular weight excluding hydrogens is 344 g/mol. The van der Waals surface area contributed by atoms with E-state index in [9.17, 15) is 8.42 Å². The van der Waals surface area contributed by atoms with Crippen LogP contribution in [-0.2, 0) is 10.0 Å². The highest BCUT2D eigenvalue weighted by molar-refractivity contribution is 9.10. The predicted octanol–water partition coefficient (Wildman–Crippen LogP) is 2.21. The number of anilines is 2. The first-order chi connectivity index (χ1) is 8.40. The molecule has 0 atom stereocenters. The number of sulfonamides is 1. The molecule has 0 unspecified atom stereocenters. The van der Waals surface area contributed by atoms with Crippen LogP contribution in [0.2, 0.25) is 5.02 Å². The van der Waals surface area contributed by atoms with Crippen molar-refractivity contribution in [2.24, 2.45) is 0 Å². The minimum absolute atomic E-state index is 0.0272. The van der Waals surface area contributed by atoms with Crippen molar-refractivity contribution in [1.82, 2.24) is 10.2 Å². The summed E-state index contributed by atoms with van der Waals surface area (Å²) in [5.74, 6) is -0.0272. The second kappa shape index (κ2) is 4.79. The van der Waals surface area contributed by atoms with Gasteiger partial charge in [-0.3, -0.25) is 9.82 Å². The Hall–Kier alpha value is -1.25. The topological polar surface area (TPSA) is 101 Å². The van der Waals surface area contributed by atoms with Crippen LogP contribution in [0.4, 0.5) is 11.5 Å². The van der Waals surface area contributed by atoms with E-state index in [1.54, 1.807) is 12.1 Å². The first kappa shape index (κ1) is 13.2. The van der Waals surface area contributed by atoms with Crippen molar-refractivity contribution < 1.29 is 8.42 Å².